The van der Waals surface area contributed by atoms with Crippen molar-refractivity contribution in [3.63, 3.8) is 0 Å². The summed E-state index contributed by atoms with van der Waals surface area (Å²) >= 11 is 0. The zero-order valence-corrected chi connectivity index (χ0v) is 12.4. The summed E-state index contributed by atoms with van der Waals surface area (Å²) in [4.78, 5) is 0. The molecule has 0 aromatic carbocycles. The van der Waals surface area contributed by atoms with Crippen LogP contribution in [0.3, 0.4) is 0 Å². The smallest absolute Gasteiger partial charge is 0.164 e. The van der Waals surface area contributed by atoms with Crippen molar-refractivity contribution in [2.24, 2.45) is 0 Å². The van der Waals surface area contributed by atoms with E-state index in [1.807, 2.05) is 0 Å². The summed E-state index contributed by atoms with van der Waals surface area (Å²) in [5.74, 6) is -0.769. The molecule has 1 heterocycles. The Bertz CT molecular complexity index is 215. The number of hydrogen-bond acceptors (Lipinski definition) is 4. The summed E-state index contributed by atoms with van der Waals surface area (Å²) < 4.78 is 11.2. The maximum absolute atomic E-state index is 9.97. The Morgan fingerprint density at radius 3 is 1.31 bits per heavy atom. The second kappa shape index (κ2) is 4.67. The number of aliphatic hydroxyl groups is 2. The van der Waals surface area contributed by atoms with E-state index in [0.717, 1.165) is 0 Å². The standard InChI is InChI=1S/C11H22O4.Ti/c1-9(2,12)7-8(10(3,4)13)15-11(5,6)14-7;/h7-8,12-13H,1-6H3;. The molecule has 1 fully saturated rings. The monoisotopic (exact) mass is 266 g/mol. The van der Waals surface area contributed by atoms with Crippen LogP contribution in [0.5, 0.6) is 0 Å². The van der Waals surface area contributed by atoms with Crippen LogP contribution in [0.1, 0.15) is 41.5 Å². The predicted octanol–water partition coefficient (Wildman–Crippen LogP) is 1.05. The van der Waals surface area contributed by atoms with E-state index in [-0.39, 0.29) is 21.7 Å². The third-order valence-corrected chi connectivity index (χ3v) is 2.49. The molecular weight excluding hydrogens is 244 g/mol. The first-order valence-electron chi connectivity index (χ1n) is 5.24. The molecule has 4 nitrogen and oxygen atoms in total. The number of hydrogen-bond donors (Lipinski definition) is 2. The van der Waals surface area contributed by atoms with Gasteiger partial charge in [0.1, 0.15) is 12.2 Å². The van der Waals surface area contributed by atoms with Gasteiger partial charge < -0.3 is 19.7 Å². The fraction of sp³-hybridized carbons (Fsp3) is 1.00. The average molecular weight is 266 g/mol. The number of ether oxygens (including phenoxy) is 2. The van der Waals surface area contributed by atoms with Gasteiger partial charge in [0, 0.05) is 21.7 Å². The molecule has 16 heavy (non-hydrogen) atoms. The summed E-state index contributed by atoms with van der Waals surface area (Å²) in [6.45, 7) is 10.2. The molecule has 0 aromatic heterocycles. The maximum atomic E-state index is 9.97. The molecule has 5 heteroatoms. The minimum absolute atomic E-state index is 0. The van der Waals surface area contributed by atoms with Crippen LogP contribution >= 0.6 is 0 Å². The van der Waals surface area contributed by atoms with E-state index in [1.165, 1.54) is 0 Å². The van der Waals surface area contributed by atoms with Gasteiger partial charge in [-0.2, -0.15) is 0 Å². The molecule has 0 radical (unpaired) electrons. The quantitative estimate of drug-likeness (QED) is 0.733. The Morgan fingerprint density at radius 2 is 1.12 bits per heavy atom. The zero-order chi connectivity index (χ0) is 12.1. The summed E-state index contributed by atoms with van der Waals surface area (Å²) in [5.41, 5.74) is -2.09. The fourth-order valence-electron chi connectivity index (χ4n) is 1.79. The molecule has 94 valence electrons. The first-order chi connectivity index (χ1) is 6.43. The molecule has 0 amide bonds. The van der Waals surface area contributed by atoms with E-state index in [9.17, 15) is 10.2 Å². The molecule has 0 bridgehead atoms. The van der Waals surface area contributed by atoms with Gasteiger partial charge in [-0.15, -0.1) is 0 Å². The van der Waals surface area contributed by atoms with Gasteiger partial charge in [0.25, 0.3) is 0 Å². The summed E-state index contributed by atoms with van der Waals surface area (Å²) in [6.07, 6.45) is -1.07. The van der Waals surface area contributed by atoms with Crippen molar-refractivity contribution in [1.82, 2.24) is 0 Å². The molecule has 0 spiro atoms. The Labute approximate surface area is 112 Å². The molecule has 0 aromatic rings. The van der Waals surface area contributed by atoms with Crippen LogP contribution in [-0.2, 0) is 31.2 Å². The van der Waals surface area contributed by atoms with Crippen LogP contribution in [-0.4, -0.2) is 39.4 Å². The van der Waals surface area contributed by atoms with E-state index in [1.54, 1.807) is 41.5 Å². The number of rotatable bonds is 2. The largest absolute Gasteiger partial charge is 0.388 e. The molecule has 2 N–H and O–H groups in total. The molecule has 1 saturated heterocycles. The predicted molar refractivity (Wildman–Crippen MR) is 56.4 cm³/mol. The van der Waals surface area contributed by atoms with Gasteiger partial charge in [-0.05, 0) is 41.5 Å². The van der Waals surface area contributed by atoms with E-state index >= 15 is 0 Å². The van der Waals surface area contributed by atoms with Crippen molar-refractivity contribution in [2.45, 2.75) is 70.7 Å². The topological polar surface area (TPSA) is 58.9 Å². The Morgan fingerprint density at radius 1 is 0.875 bits per heavy atom. The summed E-state index contributed by atoms with van der Waals surface area (Å²) in [7, 11) is 0. The molecule has 1 aliphatic rings. The van der Waals surface area contributed by atoms with Crippen molar-refractivity contribution >= 4 is 0 Å². The van der Waals surface area contributed by atoms with Gasteiger partial charge in [0.15, 0.2) is 5.79 Å². The minimum Gasteiger partial charge on any atom is -0.388 e. The minimum atomic E-state index is -1.04. The molecule has 0 saturated carbocycles. The van der Waals surface area contributed by atoms with Crippen LogP contribution in [0.4, 0.5) is 0 Å². The van der Waals surface area contributed by atoms with Gasteiger partial charge in [-0.3, -0.25) is 0 Å². The van der Waals surface area contributed by atoms with Gasteiger partial charge in [-0.25, -0.2) is 0 Å². The second-order valence-corrected chi connectivity index (χ2v) is 5.78. The fourth-order valence-corrected chi connectivity index (χ4v) is 1.79. The average Bonchev–Trinajstić information content (AvgIpc) is 2.23. The third kappa shape index (κ3) is 3.79. The Kier molecular flexibility index (Phi) is 4.83. The van der Waals surface area contributed by atoms with E-state index < -0.39 is 29.2 Å². The Hall–Kier alpha value is 0.554. The zero-order valence-electron chi connectivity index (χ0n) is 10.9. The van der Waals surface area contributed by atoms with Crippen molar-refractivity contribution < 1.29 is 41.4 Å². The molecule has 2 atom stereocenters. The normalized spacial score (nSPS) is 30.0. The molecular formula is C11H22O4Ti. The van der Waals surface area contributed by atoms with Crippen LogP contribution in [0.25, 0.3) is 0 Å². The molecule has 0 aliphatic carbocycles. The van der Waals surface area contributed by atoms with E-state index in [0.29, 0.717) is 0 Å². The SMILES string of the molecule is CC1(C)OC(C(C)(C)O)C(C(C)(C)O)O1.[Ti]. The van der Waals surface area contributed by atoms with Crippen LogP contribution < -0.4 is 0 Å². The van der Waals surface area contributed by atoms with Crippen LogP contribution in [0, 0.1) is 0 Å². The van der Waals surface area contributed by atoms with Crippen LogP contribution in [0.2, 0.25) is 0 Å². The van der Waals surface area contributed by atoms with Crippen molar-refractivity contribution in [3.05, 3.63) is 0 Å². The maximum Gasteiger partial charge on any atom is 0.164 e. The van der Waals surface area contributed by atoms with Crippen molar-refractivity contribution in [2.75, 3.05) is 0 Å². The van der Waals surface area contributed by atoms with E-state index in [2.05, 4.69) is 0 Å². The molecule has 1 rings (SSSR count). The first kappa shape index (κ1) is 16.6. The summed E-state index contributed by atoms with van der Waals surface area (Å²) in [5, 5.41) is 19.9. The van der Waals surface area contributed by atoms with Crippen molar-refractivity contribution in [1.29, 1.82) is 0 Å². The van der Waals surface area contributed by atoms with Gasteiger partial charge in [0.2, 0.25) is 0 Å². The third-order valence-electron chi connectivity index (χ3n) is 2.49. The van der Waals surface area contributed by atoms with Gasteiger partial charge >= 0.3 is 0 Å². The van der Waals surface area contributed by atoms with Crippen LogP contribution in [0.15, 0.2) is 0 Å². The second-order valence-electron chi connectivity index (χ2n) is 5.78. The molecule has 2 unspecified atom stereocenters. The van der Waals surface area contributed by atoms with Crippen molar-refractivity contribution in [3.8, 4) is 0 Å². The van der Waals surface area contributed by atoms with Gasteiger partial charge in [0.05, 0.1) is 11.2 Å². The summed E-state index contributed by atoms with van der Waals surface area (Å²) in [6, 6.07) is 0. The van der Waals surface area contributed by atoms with Gasteiger partial charge in [-0.1, -0.05) is 0 Å². The van der Waals surface area contributed by atoms with E-state index in [4.69, 9.17) is 9.47 Å². The molecule has 1 aliphatic heterocycles. The first-order valence-corrected chi connectivity index (χ1v) is 5.24. The Balaban J connectivity index is 0.00000225.